The normalized spacial score (nSPS) is 16.3. The molecule has 120 valence electrons. The van der Waals surface area contributed by atoms with Crippen LogP contribution in [0.5, 0.6) is 5.75 Å². The summed E-state index contributed by atoms with van der Waals surface area (Å²) in [5, 5.41) is 11.9. The largest absolute Gasteiger partial charge is 0.494 e. The molecule has 2 N–H and O–H groups in total. The molecule has 1 aromatic rings. The number of carboxylic acid groups (broad SMARTS) is 1. The third-order valence-corrected chi connectivity index (χ3v) is 4.04. The van der Waals surface area contributed by atoms with Gasteiger partial charge in [0.05, 0.1) is 25.5 Å². The second-order valence-corrected chi connectivity index (χ2v) is 5.75. The molecule has 22 heavy (non-hydrogen) atoms. The van der Waals surface area contributed by atoms with Gasteiger partial charge in [-0.1, -0.05) is 18.9 Å². The fourth-order valence-electron chi connectivity index (χ4n) is 3.03. The summed E-state index contributed by atoms with van der Waals surface area (Å²) in [5.74, 6) is -1.60. The van der Waals surface area contributed by atoms with Crippen LogP contribution in [-0.4, -0.2) is 29.6 Å². The van der Waals surface area contributed by atoms with Gasteiger partial charge in [-0.15, -0.1) is 0 Å². The highest BCUT2D eigenvalue weighted by Crippen LogP contribution is 2.32. The molecule has 1 aromatic carbocycles. The van der Waals surface area contributed by atoms with E-state index < -0.39 is 17.3 Å². The van der Waals surface area contributed by atoms with Crippen LogP contribution in [0.3, 0.4) is 0 Å². The Morgan fingerprint density at radius 2 is 2.05 bits per heavy atom. The lowest BCUT2D eigenvalue weighted by atomic mass is 9.92. The number of ether oxygens (including phenoxy) is 1. The molecule has 0 saturated heterocycles. The zero-order valence-electron chi connectivity index (χ0n) is 12.5. The van der Waals surface area contributed by atoms with Crippen molar-refractivity contribution in [3.8, 4) is 5.75 Å². The van der Waals surface area contributed by atoms with Crippen LogP contribution in [0.1, 0.15) is 37.7 Å². The van der Waals surface area contributed by atoms with Crippen LogP contribution in [0.2, 0.25) is 0 Å². The van der Waals surface area contributed by atoms with Crippen molar-refractivity contribution in [2.75, 3.05) is 7.11 Å². The second kappa shape index (κ2) is 6.77. The fraction of sp³-hybridized carbons (Fsp3) is 0.500. The molecule has 1 amide bonds. The summed E-state index contributed by atoms with van der Waals surface area (Å²) in [5.41, 5.74) is -0.132. The smallest absolute Gasteiger partial charge is 0.305 e. The van der Waals surface area contributed by atoms with E-state index in [1.165, 1.54) is 19.2 Å². The summed E-state index contributed by atoms with van der Waals surface area (Å²) in [6.45, 7) is 0. The van der Waals surface area contributed by atoms with E-state index in [9.17, 15) is 14.0 Å². The van der Waals surface area contributed by atoms with Crippen LogP contribution in [0.15, 0.2) is 18.2 Å². The quantitative estimate of drug-likeness (QED) is 0.845. The molecule has 1 aliphatic rings. The average molecular weight is 309 g/mol. The van der Waals surface area contributed by atoms with Gasteiger partial charge in [-0.2, -0.15) is 0 Å². The van der Waals surface area contributed by atoms with Gasteiger partial charge in [0.25, 0.3) is 0 Å². The summed E-state index contributed by atoms with van der Waals surface area (Å²) in [4.78, 5) is 23.2. The molecule has 0 heterocycles. The average Bonchev–Trinajstić information content (AvgIpc) is 2.85. The molecule has 6 heteroatoms. The van der Waals surface area contributed by atoms with Gasteiger partial charge in [0.1, 0.15) is 0 Å². The predicted molar refractivity (Wildman–Crippen MR) is 78.3 cm³/mol. The number of hydrogen-bond acceptors (Lipinski definition) is 3. The Morgan fingerprint density at radius 3 is 2.59 bits per heavy atom. The van der Waals surface area contributed by atoms with Gasteiger partial charge in [-0.25, -0.2) is 4.39 Å². The molecule has 0 atom stereocenters. The number of benzene rings is 1. The molecule has 1 aliphatic carbocycles. The molecule has 2 rings (SSSR count). The molecular weight excluding hydrogens is 289 g/mol. The molecule has 0 bridgehead atoms. The second-order valence-electron chi connectivity index (χ2n) is 5.75. The van der Waals surface area contributed by atoms with Gasteiger partial charge in [0.15, 0.2) is 11.6 Å². The lowest BCUT2D eigenvalue weighted by molar-refractivity contribution is -0.139. The maximum atomic E-state index is 13.6. The Balaban J connectivity index is 2.02. The van der Waals surface area contributed by atoms with Gasteiger partial charge in [0.2, 0.25) is 5.91 Å². The lowest BCUT2D eigenvalue weighted by Gasteiger charge is -2.28. The van der Waals surface area contributed by atoms with E-state index in [1.54, 1.807) is 6.07 Å². The van der Waals surface area contributed by atoms with Gasteiger partial charge in [-0.3, -0.25) is 9.59 Å². The summed E-state index contributed by atoms with van der Waals surface area (Å²) < 4.78 is 18.5. The zero-order chi connectivity index (χ0) is 16.2. The van der Waals surface area contributed by atoms with Crippen molar-refractivity contribution in [2.45, 2.75) is 44.1 Å². The number of carbonyl (C=O) groups is 2. The topological polar surface area (TPSA) is 75.6 Å². The number of halogens is 1. The zero-order valence-corrected chi connectivity index (χ0v) is 12.5. The summed E-state index contributed by atoms with van der Waals surface area (Å²) in [6, 6.07) is 4.36. The van der Waals surface area contributed by atoms with E-state index in [4.69, 9.17) is 9.84 Å². The van der Waals surface area contributed by atoms with Gasteiger partial charge >= 0.3 is 5.97 Å². The minimum atomic E-state index is -0.919. The lowest BCUT2D eigenvalue weighted by Crippen LogP contribution is -2.48. The van der Waals surface area contributed by atoms with Gasteiger partial charge in [-0.05, 0) is 30.5 Å². The van der Waals surface area contributed by atoms with Crippen LogP contribution in [0, 0.1) is 5.82 Å². The number of hydrogen-bond donors (Lipinski definition) is 2. The van der Waals surface area contributed by atoms with Gasteiger partial charge in [0, 0.05) is 0 Å². The van der Waals surface area contributed by atoms with Crippen molar-refractivity contribution < 1.29 is 23.8 Å². The first-order valence-corrected chi connectivity index (χ1v) is 7.29. The predicted octanol–water partition coefficient (Wildman–Crippen LogP) is 2.28. The molecular formula is C16H20FNO4. The number of methoxy groups -OCH3 is 1. The number of rotatable bonds is 6. The SMILES string of the molecule is COc1ccc(CC(=O)NC2(CC(=O)O)CCCC2)cc1F. The maximum Gasteiger partial charge on any atom is 0.305 e. The molecule has 0 aliphatic heterocycles. The van der Waals surface area contributed by atoms with Crippen LogP contribution >= 0.6 is 0 Å². The summed E-state index contributed by atoms with van der Waals surface area (Å²) in [6.07, 6.45) is 3.09. The number of nitrogens with one attached hydrogen (secondary N) is 1. The molecule has 0 aromatic heterocycles. The summed E-state index contributed by atoms with van der Waals surface area (Å²) >= 11 is 0. The molecule has 5 nitrogen and oxygen atoms in total. The highest BCUT2D eigenvalue weighted by atomic mass is 19.1. The number of carboxylic acids is 1. The number of amides is 1. The third kappa shape index (κ3) is 3.96. The third-order valence-electron chi connectivity index (χ3n) is 4.04. The number of aliphatic carboxylic acids is 1. The molecule has 1 saturated carbocycles. The van der Waals surface area contributed by atoms with Crippen molar-refractivity contribution in [1.29, 1.82) is 0 Å². The van der Waals surface area contributed by atoms with Crippen LogP contribution in [0.4, 0.5) is 4.39 Å². The van der Waals surface area contributed by atoms with E-state index in [1.807, 2.05) is 0 Å². The van der Waals surface area contributed by atoms with Crippen molar-refractivity contribution in [2.24, 2.45) is 0 Å². The fourth-order valence-corrected chi connectivity index (χ4v) is 3.03. The van der Waals surface area contributed by atoms with E-state index in [0.717, 1.165) is 12.8 Å². The Hall–Kier alpha value is -2.11. The van der Waals surface area contributed by atoms with Crippen molar-refractivity contribution >= 4 is 11.9 Å². The van der Waals surface area contributed by atoms with Crippen LogP contribution < -0.4 is 10.1 Å². The monoisotopic (exact) mass is 309 g/mol. The van der Waals surface area contributed by atoms with E-state index >= 15 is 0 Å². The van der Waals surface area contributed by atoms with Crippen LogP contribution in [-0.2, 0) is 16.0 Å². The van der Waals surface area contributed by atoms with E-state index in [0.29, 0.717) is 18.4 Å². The Kier molecular flexibility index (Phi) is 5.00. The first-order chi connectivity index (χ1) is 10.4. The minimum absolute atomic E-state index is 0.0162. The van der Waals surface area contributed by atoms with Gasteiger partial charge < -0.3 is 15.2 Å². The molecule has 0 spiro atoms. The molecule has 1 fully saturated rings. The highest BCUT2D eigenvalue weighted by Gasteiger charge is 2.37. The Bertz CT molecular complexity index is 567. The van der Waals surface area contributed by atoms with E-state index in [-0.39, 0.29) is 24.5 Å². The minimum Gasteiger partial charge on any atom is -0.494 e. The first kappa shape index (κ1) is 16.3. The van der Waals surface area contributed by atoms with Crippen molar-refractivity contribution in [1.82, 2.24) is 5.32 Å². The first-order valence-electron chi connectivity index (χ1n) is 7.29. The van der Waals surface area contributed by atoms with Crippen molar-refractivity contribution in [3.63, 3.8) is 0 Å². The molecule has 0 unspecified atom stereocenters. The number of carbonyl (C=O) groups excluding carboxylic acids is 1. The highest BCUT2D eigenvalue weighted by molar-refractivity contribution is 5.80. The van der Waals surface area contributed by atoms with E-state index in [2.05, 4.69) is 5.32 Å². The van der Waals surface area contributed by atoms with Crippen LogP contribution in [0.25, 0.3) is 0 Å². The molecule has 0 radical (unpaired) electrons. The Labute approximate surface area is 128 Å². The maximum absolute atomic E-state index is 13.6. The standard InChI is InChI=1S/C16H20FNO4/c1-22-13-5-4-11(8-12(13)17)9-14(19)18-16(10-15(20)21)6-2-3-7-16/h4-5,8H,2-3,6-7,9-10H2,1H3,(H,18,19)(H,20,21). The summed E-state index contributed by atoms with van der Waals surface area (Å²) in [7, 11) is 1.38. The van der Waals surface area contributed by atoms with Crippen molar-refractivity contribution in [3.05, 3.63) is 29.6 Å². The Morgan fingerprint density at radius 1 is 1.36 bits per heavy atom.